The van der Waals surface area contributed by atoms with Crippen LogP contribution in [0.4, 0.5) is 5.82 Å². The second kappa shape index (κ2) is 4.65. The van der Waals surface area contributed by atoms with Gasteiger partial charge in [-0.05, 0) is 30.7 Å². The normalized spacial score (nSPS) is 13.3. The molecule has 0 bridgehead atoms. The first-order valence-electron chi connectivity index (χ1n) is 6.22. The van der Waals surface area contributed by atoms with Crippen molar-refractivity contribution in [1.29, 1.82) is 5.26 Å². The third-order valence-corrected chi connectivity index (χ3v) is 3.27. The molecule has 1 N–H and O–H groups in total. The van der Waals surface area contributed by atoms with Gasteiger partial charge < -0.3 is 14.6 Å². The summed E-state index contributed by atoms with van der Waals surface area (Å²) in [6, 6.07) is 9.88. The lowest BCUT2D eigenvalue weighted by Gasteiger charge is -2.18. The van der Waals surface area contributed by atoms with E-state index in [0.717, 1.165) is 42.5 Å². The van der Waals surface area contributed by atoms with Crippen LogP contribution in [-0.2, 0) is 6.54 Å². The molecular formula is C14H14N4O. The number of hydrogen-bond donors (Lipinski definition) is 1. The zero-order valence-electron chi connectivity index (χ0n) is 10.7. The first kappa shape index (κ1) is 11.6. The van der Waals surface area contributed by atoms with Gasteiger partial charge >= 0.3 is 0 Å². The Bertz CT molecular complexity index is 637. The Morgan fingerprint density at radius 2 is 2.16 bits per heavy atom. The maximum atomic E-state index is 9.15. The fourth-order valence-electron chi connectivity index (χ4n) is 2.33. The van der Waals surface area contributed by atoms with Gasteiger partial charge in [-0.2, -0.15) is 5.26 Å². The summed E-state index contributed by atoms with van der Waals surface area (Å²) in [5, 5.41) is 12.4. The molecule has 1 aliphatic rings. The molecule has 0 radical (unpaired) electrons. The van der Waals surface area contributed by atoms with Crippen molar-refractivity contribution in [3.05, 3.63) is 30.0 Å². The highest BCUT2D eigenvalue weighted by Gasteiger charge is 2.20. The SMILES string of the molecule is COc1ccc(-c2nc(C#N)c3n2CCCN3)cc1. The number of rotatable bonds is 2. The second-order valence-electron chi connectivity index (χ2n) is 4.40. The van der Waals surface area contributed by atoms with E-state index in [2.05, 4.69) is 20.9 Å². The summed E-state index contributed by atoms with van der Waals surface area (Å²) < 4.78 is 7.23. The average Bonchev–Trinajstić information content (AvgIpc) is 2.86. The van der Waals surface area contributed by atoms with Gasteiger partial charge in [-0.15, -0.1) is 0 Å². The van der Waals surface area contributed by atoms with Gasteiger partial charge in [0.25, 0.3) is 0 Å². The molecule has 5 heteroatoms. The Balaban J connectivity index is 2.09. The van der Waals surface area contributed by atoms with Crippen LogP contribution in [0.3, 0.4) is 0 Å². The Hall–Kier alpha value is -2.48. The number of fused-ring (bicyclic) bond motifs is 1. The summed E-state index contributed by atoms with van der Waals surface area (Å²) in [7, 11) is 1.64. The van der Waals surface area contributed by atoms with Crippen LogP contribution in [0.1, 0.15) is 12.1 Å². The molecule has 5 nitrogen and oxygen atoms in total. The monoisotopic (exact) mass is 254 g/mol. The van der Waals surface area contributed by atoms with Gasteiger partial charge in [0.1, 0.15) is 23.5 Å². The molecule has 1 aromatic carbocycles. The van der Waals surface area contributed by atoms with Crippen molar-refractivity contribution in [2.24, 2.45) is 0 Å². The molecule has 0 saturated carbocycles. The van der Waals surface area contributed by atoms with E-state index in [9.17, 15) is 0 Å². The van der Waals surface area contributed by atoms with E-state index in [-0.39, 0.29) is 0 Å². The fourth-order valence-corrected chi connectivity index (χ4v) is 2.33. The highest BCUT2D eigenvalue weighted by molar-refractivity contribution is 5.65. The number of benzene rings is 1. The molecule has 0 amide bonds. The molecule has 0 aliphatic carbocycles. The Morgan fingerprint density at radius 1 is 1.37 bits per heavy atom. The average molecular weight is 254 g/mol. The van der Waals surface area contributed by atoms with Crippen molar-refractivity contribution in [3.8, 4) is 23.2 Å². The second-order valence-corrected chi connectivity index (χ2v) is 4.40. The number of ether oxygens (including phenoxy) is 1. The molecular weight excluding hydrogens is 240 g/mol. The van der Waals surface area contributed by atoms with Crippen LogP contribution in [0, 0.1) is 11.3 Å². The summed E-state index contributed by atoms with van der Waals surface area (Å²) in [5.74, 6) is 2.48. The first-order chi connectivity index (χ1) is 9.33. The number of anilines is 1. The fraction of sp³-hybridized carbons (Fsp3) is 0.286. The van der Waals surface area contributed by atoms with Gasteiger partial charge in [-0.25, -0.2) is 4.98 Å². The van der Waals surface area contributed by atoms with E-state index in [4.69, 9.17) is 10.00 Å². The number of nitrogens with one attached hydrogen (secondary N) is 1. The predicted molar refractivity (Wildman–Crippen MR) is 72.0 cm³/mol. The lowest BCUT2D eigenvalue weighted by Crippen LogP contribution is -2.17. The van der Waals surface area contributed by atoms with Crippen molar-refractivity contribution in [2.45, 2.75) is 13.0 Å². The number of methoxy groups -OCH3 is 1. The molecule has 0 fully saturated rings. The number of nitriles is 1. The minimum absolute atomic E-state index is 0.463. The minimum Gasteiger partial charge on any atom is -0.497 e. The van der Waals surface area contributed by atoms with Gasteiger partial charge in [-0.3, -0.25) is 0 Å². The van der Waals surface area contributed by atoms with E-state index in [1.807, 2.05) is 24.3 Å². The van der Waals surface area contributed by atoms with Gasteiger partial charge in [0.05, 0.1) is 7.11 Å². The molecule has 19 heavy (non-hydrogen) atoms. The molecule has 2 aromatic rings. The Kier molecular flexibility index (Phi) is 2.84. The highest BCUT2D eigenvalue weighted by Crippen LogP contribution is 2.29. The lowest BCUT2D eigenvalue weighted by molar-refractivity contribution is 0.415. The van der Waals surface area contributed by atoms with Crippen molar-refractivity contribution < 1.29 is 4.74 Å². The largest absolute Gasteiger partial charge is 0.497 e. The van der Waals surface area contributed by atoms with Crippen molar-refractivity contribution in [2.75, 3.05) is 19.0 Å². The molecule has 0 unspecified atom stereocenters. The van der Waals surface area contributed by atoms with Crippen molar-refractivity contribution in [1.82, 2.24) is 9.55 Å². The maximum Gasteiger partial charge on any atom is 0.183 e. The quantitative estimate of drug-likeness (QED) is 0.892. The maximum absolute atomic E-state index is 9.15. The molecule has 2 heterocycles. The van der Waals surface area contributed by atoms with Crippen LogP contribution >= 0.6 is 0 Å². The van der Waals surface area contributed by atoms with Crippen molar-refractivity contribution in [3.63, 3.8) is 0 Å². The number of aromatic nitrogens is 2. The van der Waals surface area contributed by atoms with E-state index >= 15 is 0 Å². The molecule has 0 spiro atoms. The number of hydrogen-bond acceptors (Lipinski definition) is 4. The van der Waals surface area contributed by atoms with E-state index in [0.29, 0.717) is 5.69 Å². The number of nitrogens with zero attached hydrogens (tertiary/aromatic N) is 3. The van der Waals surface area contributed by atoms with E-state index in [1.165, 1.54) is 0 Å². The van der Waals surface area contributed by atoms with E-state index in [1.54, 1.807) is 7.11 Å². The predicted octanol–water partition coefficient (Wildman–Crippen LogP) is 2.25. The zero-order valence-corrected chi connectivity index (χ0v) is 10.7. The van der Waals surface area contributed by atoms with Crippen molar-refractivity contribution >= 4 is 5.82 Å². The molecule has 0 atom stereocenters. The summed E-state index contributed by atoms with van der Waals surface area (Å²) in [5.41, 5.74) is 1.46. The minimum atomic E-state index is 0.463. The molecule has 0 saturated heterocycles. The van der Waals surface area contributed by atoms with Crippen LogP contribution in [0.5, 0.6) is 5.75 Å². The van der Waals surface area contributed by atoms with Crippen LogP contribution in [0.15, 0.2) is 24.3 Å². The topological polar surface area (TPSA) is 62.9 Å². The van der Waals surface area contributed by atoms with Crippen LogP contribution < -0.4 is 10.1 Å². The van der Waals surface area contributed by atoms with E-state index < -0.39 is 0 Å². The van der Waals surface area contributed by atoms with Gasteiger partial charge in [-0.1, -0.05) is 0 Å². The smallest absolute Gasteiger partial charge is 0.183 e. The van der Waals surface area contributed by atoms with Crippen LogP contribution in [-0.4, -0.2) is 23.2 Å². The summed E-state index contributed by atoms with van der Waals surface area (Å²) in [4.78, 5) is 4.43. The highest BCUT2D eigenvalue weighted by atomic mass is 16.5. The molecule has 1 aromatic heterocycles. The van der Waals surface area contributed by atoms with Gasteiger partial charge in [0.15, 0.2) is 5.69 Å². The first-order valence-corrected chi connectivity index (χ1v) is 6.22. The van der Waals surface area contributed by atoms with Crippen LogP contribution in [0.25, 0.3) is 11.4 Å². The standard InChI is InChI=1S/C14H14N4O/c1-19-11-5-3-10(4-6-11)13-17-12(9-15)14-16-7-2-8-18(13)14/h3-6,16H,2,7-8H2,1H3. The third kappa shape index (κ3) is 1.91. The van der Waals surface area contributed by atoms with Gasteiger partial charge in [0, 0.05) is 18.7 Å². The molecule has 3 rings (SSSR count). The summed E-state index contributed by atoms with van der Waals surface area (Å²) in [6.07, 6.45) is 1.04. The molecule has 96 valence electrons. The number of imidazole rings is 1. The summed E-state index contributed by atoms with van der Waals surface area (Å²) in [6.45, 7) is 1.78. The lowest BCUT2D eigenvalue weighted by atomic mass is 10.2. The van der Waals surface area contributed by atoms with Gasteiger partial charge in [0.2, 0.25) is 0 Å². The Labute approximate surface area is 111 Å². The third-order valence-electron chi connectivity index (χ3n) is 3.27. The molecule has 1 aliphatic heterocycles. The Morgan fingerprint density at radius 3 is 2.84 bits per heavy atom. The zero-order chi connectivity index (χ0) is 13.2. The van der Waals surface area contributed by atoms with Crippen LogP contribution in [0.2, 0.25) is 0 Å². The summed E-state index contributed by atoms with van der Waals surface area (Å²) >= 11 is 0.